The Hall–Kier alpha value is -2.09. The van der Waals surface area contributed by atoms with Crippen LogP contribution in [0.3, 0.4) is 0 Å². The lowest BCUT2D eigenvalue weighted by atomic mass is 10.2. The summed E-state index contributed by atoms with van der Waals surface area (Å²) < 4.78 is 0. The highest BCUT2D eigenvalue weighted by Crippen LogP contribution is 2.27. The predicted molar refractivity (Wildman–Crippen MR) is 112 cm³/mol. The first-order valence-electron chi connectivity index (χ1n) is 8.24. The van der Waals surface area contributed by atoms with Gasteiger partial charge in [-0.2, -0.15) is 0 Å². The van der Waals surface area contributed by atoms with Crippen molar-refractivity contribution in [2.75, 3.05) is 22.9 Å². The van der Waals surface area contributed by atoms with E-state index < -0.39 is 0 Å². The Bertz CT molecular complexity index is 999. The maximum atomic E-state index is 12.3. The van der Waals surface area contributed by atoms with Gasteiger partial charge in [-0.3, -0.25) is 4.79 Å². The van der Waals surface area contributed by atoms with Crippen LogP contribution in [0.4, 0.5) is 11.6 Å². The number of anilines is 2. The van der Waals surface area contributed by atoms with E-state index in [1.54, 1.807) is 13.0 Å². The van der Waals surface area contributed by atoms with Crippen molar-refractivity contribution in [3.05, 3.63) is 46.1 Å². The van der Waals surface area contributed by atoms with Gasteiger partial charge in [-0.25, -0.2) is 15.0 Å². The fraction of sp³-hybridized carbons (Fsp3) is 0.222. The van der Waals surface area contributed by atoms with Gasteiger partial charge in [0.05, 0.1) is 27.0 Å². The number of nitrogens with zero attached hydrogens (tertiary/aromatic N) is 3. The summed E-state index contributed by atoms with van der Waals surface area (Å²) in [5.41, 5.74) is 1.42. The highest BCUT2D eigenvalue weighted by Gasteiger charge is 2.13. The molecule has 0 fully saturated rings. The minimum atomic E-state index is -0.252. The smallest absolute Gasteiger partial charge is 0.236 e. The molecule has 0 atom stereocenters. The molecule has 2 aromatic heterocycles. The summed E-state index contributed by atoms with van der Waals surface area (Å²) in [4.78, 5) is 25.5. The number of benzene rings is 1. The number of rotatable bonds is 6. The molecule has 6 nitrogen and oxygen atoms in total. The van der Waals surface area contributed by atoms with Gasteiger partial charge >= 0.3 is 0 Å². The lowest BCUT2D eigenvalue weighted by Crippen LogP contribution is -2.16. The lowest BCUT2D eigenvalue weighted by molar-refractivity contribution is -0.113. The van der Waals surface area contributed by atoms with Gasteiger partial charge in [0.2, 0.25) is 5.91 Å². The molecule has 27 heavy (non-hydrogen) atoms. The molecule has 3 aromatic rings. The van der Waals surface area contributed by atoms with Gasteiger partial charge in [-0.15, -0.1) is 0 Å². The number of thioether (sulfide) groups is 1. The Kier molecular flexibility index (Phi) is 6.36. The number of fused-ring (bicyclic) bond motifs is 1. The minimum Gasteiger partial charge on any atom is -0.370 e. The van der Waals surface area contributed by atoms with Gasteiger partial charge in [0.15, 0.2) is 11.0 Å². The molecular formula is C18H17Cl2N5OS. The second kappa shape index (κ2) is 8.73. The van der Waals surface area contributed by atoms with Crippen LogP contribution in [0.2, 0.25) is 10.0 Å². The van der Waals surface area contributed by atoms with Crippen LogP contribution in [-0.4, -0.2) is 33.2 Å². The number of hydrogen-bond donors (Lipinski definition) is 2. The summed E-state index contributed by atoms with van der Waals surface area (Å²) in [6.07, 6.45) is 0. The first kappa shape index (κ1) is 19.7. The summed E-state index contributed by atoms with van der Waals surface area (Å²) in [6.45, 7) is 4.49. The molecule has 0 radical (unpaired) electrons. The number of aromatic nitrogens is 3. The molecule has 2 heterocycles. The quantitative estimate of drug-likeness (QED) is 0.439. The minimum absolute atomic E-state index is 0.129. The summed E-state index contributed by atoms with van der Waals surface area (Å²) in [5.74, 6) is 0.919. The number of halogens is 2. The maximum absolute atomic E-state index is 12.3. The van der Waals surface area contributed by atoms with Crippen molar-refractivity contribution in [3.63, 3.8) is 0 Å². The zero-order valence-electron chi connectivity index (χ0n) is 14.7. The van der Waals surface area contributed by atoms with Gasteiger partial charge < -0.3 is 10.6 Å². The number of pyridine rings is 1. The summed E-state index contributed by atoms with van der Waals surface area (Å²) in [6, 6.07) is 9.30. The molecule has 0 saturated carbocycles. The van der Waals surface area contributed by atoms with Crippen LogP contribution < -0.4 is 10.6 Å². The number of aryl methyl sites for hydroxylation is 1. The number of para-hydroxylation sites is 1. The van der Waals surface area contributed by atoms with Crippen molar-refractivity contribution in [1.82, 2.24) is 15.0 Å². The fourth-order valence-corrected chi connectivity index (χ4v) is 3.42. The summed E-state index contributed by atoms with van der Waals surface area (Å²) in [7, 11) is 0. The molecule has 140 valence electrons. The van der Waals surface area contributed by atoms with E-state index in [0.29, 0.717) is 20.9 Å². The van der Waals surface area contributed by atoms with Gasteiger partial charge in [0.1, 0.15) is 5.82 Å². The van der Waals surface area contributed by atoms with E-state index >= 15 is 0 Å². The van der Waals surface area contributed by atoms with Crippen molar-refractivity contribution in [1.29, 1.82) is 0 Å². The third kappa shape index (κ3) is 4.80. The second-order valence-electron chi connectivity index (χ2n) is 5.63. The molecule has 1 aromatic carbocycles. The molecular weight excluding hydrogens is 405 g/mol. The zero-order chi connectivity index (χ0) is 19.4. The highest BCUT2D eigenvalue weighted by molar-refractivity contribution is 7.99. The Balaban J connectivity index is 1.73. The second-order valence-corrected chi connectivity index (χ2v) is 7.38. The molecule has 0 saturated heterocycles. The SMILES string of the molecule is CCNc1nc(SCC(=O)Nc2nc(C)c(Cl)cc2Cl)nc2ccccc12. The van der Waals surface area contributed by atoms with Gasteiger partial charge in [0.25, 0.3) is 0 Å². The molecule has 0 unspecified atom stereocenters. The van der Waals surface area contributed by atoms with E-state index in [-0.39, 0.29) is 17.5 Å². The molecule has 0 aliphatic rings. The van der Waals surface area contributed by atoms with E-state index in [9.17, 15) is 4.79 Å². The van der Waals surface area contributed by atoms with Gasteiger partial charge in [-0.1, -0.05) is 47.1 Å². The Labute approximate surface area is 171 Å². The third-order valence-electron chi connectivity index (χ3n) is 3.62. The number of carbonyl (C=O) groups excluding carboxylic acids is 1. The number of amides is 1. The molecule has 0 spiro atoms. The molecule has 3 rings (SSSR count). The van der Waals surface area contributed by atoms with Crippen LogP contribution in [0.5, 0.6) is 0 Å². The Morgan fingerprint density at radius 3 is 2.67 bits per heavy atom. The predicted octanol–water partition coefficient (Wildman–Crippen LogP) is 4.80. The zero-order valence-corrected chi connectivity index (χ0v) is 17.0. The van der Waals surface area contributed by atoms with E-state index in [1.165, 1.54) is 11.8 Å². The maximum Gasteiger partial charge on any atom is 0.236 e. The number of nitrogens with one attached hydrogen (secondary N) is 2. The van der Waals surface area contributed by atoms with Crippen LogP contribution in [0, 0.1) is 6.92 Å². The molecule has 0 aliphatic heterocycles. The largest absolute Gasteiger partial charge is 0.370 e. The standard InChI is InChI=1S/C18H17Cl2N5OS/c1-3-21-16-11-6-4-5-7-14(11)23-18(25-16)27-9-15(26)24-17-13(20)8-12(19)10(2)22-17/h4-8H,3,9H2,1-2H3,(H,21,23,25)(H,22,24,26). The first-order valence-corrected chi connectivity index (χ1v) is 9.98. The van der Waals surface area contributed by atoms with Crippen molar-refractivity contribution in [3.8, 4) is 0 Å². The van der Waals surface area contributed by atoms with Crippen molar-refractivity contribution >= 4 is 63.4 Å². The topological polar surface area (TPSA) is 79.8 Å². The molecule has 1 amide bonds. The average Bonchev–Trinajstić information content (AvgIpc) is 2.65. The molecule has 0 aliphatic carbocycles. The van der Waals surface area contributed by atoms with Crippen LogP contribution in [0.25, 0.3) is 10.9 Å². The highest BCUT2D eigenvalue weighted by atomic mass is 35.5. The van der Waals surface area contributed by atoms with Crippen molar-refractivity contribution in [2.24, 2.45) is 0 Å². The van der Waals surface area contributed by atoms with Crippen LogP contribution in [0.1, 0.15) is 12.6 Å². The van der Waals surface area contributed by atoms with Crippen LogP contribution in [-0.2, 0) is 4.79 Å². The lowest BCUT2D eigenvalue weighted by Gasteiger charge is -2.10. The van der Waals surface area contributed by atoms with Gasteiger partial charge in [0, 0.05) is 11.9 Å². The van der Waals surface area contributed by atoms with E-state index in [4.69, 9.17) is 23.2 Å². The monoisotopic (exact) mass is 421 g/mol. The molecule has 2 N–H and O–H groups in total. The average molecular weight is 422 g/mol. The Morgan fingerprint density at radius 2 is 1.89 bits per heavy atom. The summed E-state index contributed by atoms with van der Waals surface area (Å²) >= 11 is 13.3. The first-order chi connectivity index (χ1) is 13.0. The van der Waals surface area contributed by atoms with E-state index in [1.807, 2.05) is 31.2 Å². The number of carbonyl (C=O) groups is 1. The van der Waals surface area contributed by atoms with Gasteiger partial charge in [-0.05, 0) is 32.0 Å². The van der Waals surface area contributed by atoms with Crippen molar-refractivity contribution in [2.45, 2.75) is 19.0 Å². The van der Waals surface area contributed by atoms with Crippen LogP contribution >= 0.6 is 35.0 Å². The van der Waals surface area contributed by atoms with Crippen LogP contribution in [0.15, 0.2) is 35.5 Å². The molecule has 0 bridgehead atoms. The Morgan fingerprint density at radius 1 is 1.11 bits per heavy atom. The van der Waals surface area contributed by atoms with E-state index in [0.717, 1.165) is 23.3 Å². The summed E-state index contributed by atoms with van der Waals surface area (Å²) in [5, 5.41) is 8.13. The molecule has 9 heteroatoms. The fourth-order valence-electron chi connectivity index (χ4n) is 2.37. The van der Waals surface area contributed by atoms with E-state index in [2.05, 4.69) is 25.6 Å². The van der Waals surface area contributed by atoms with Crippen molar-refractivity contribution < 1.29 is 4.79 Å². The number of hydrogen-bond acceptors (Lipinski definition) is 6. The third-order valence-corrected chi connectivity index (χ3v) is 5.14. The normalized spacial score (nSPS) is 10.8.